The Bertz CT molecular complexity index is 486. The summed E-state index contributed by atoms with van der Waals surface area (Å²) >= 11 is 0. The number of aromatic amines is 1. The van der Waals surface area contributed by atoms with Crippen molar-refractivity contribution in [1.29, 1.82) is 0 Å². The molecule has 0 aliphatic carbocycles. The molecule has 0 saturated heterocycles. The van der Waals surface area contributed by atoms with Gasteiger partial charge in [-0.1, -0.05) is 13.8 Å². The van der Waals surface area contributed by atoms with E-state index in [1.165, 1.54) is 0 Å². The van der Waals surface area contributed by atoms with Gasteiger partial charge < -0.3 is 5.32 Å². The number of nitrogens with one attached hydrogen (secondary N) is 2. The van der Waals surface area contributed by atoms with E-state index >= 15 is 0 Å². The van der Waals surface area contributed by atoms with E-state index < -0.39 is 0 Å². The van der Waals surface area contributed by atoms with Crippen LogP contribution in [0.4, 0.5) is 5.82 Å². The monoisotopic (exact) mass is 233 g/mol. The quantitative estimate of drug-likeness (QED) is 0.837. The Morgan fingerprint density at radius 2 is 2.41 bits per heavy atom. The molecule has 0 aliphatic rings. The van der Waals surface area contributed by atoms with Gasteiger partial charge in [0.15, 0.2) is 5.82 Å². The molecule has 6 nitrogen and oxygen atoms in total. The van der Waals surface area contributed by atoms with Crippen LogP contribution in [-0.4, -0.2) is 25.9 Å². The summed E-state index contributed by atoms with van der Waals surface area (Å²) in [7, 11) is 0. The average Bonchev–Trinajstić information content (AvgIpc) is 2.88. The lowest BCUT2D eigenvalue weighted by atomic mass is 10.1. The van der Waals surface area contributed by atoms with Crippen molar-refractivity contribution in [2.24, 2.45) is 0 Å². The SMILES string of the molecule is CC(C)c1cc(NC(=O)Cn2cccn2)n[nH]1. The first kappa shape index (κ1) is 11.4. The van der Waals surface area contributed by atoms with Crippen molar-refractivity contribution in [3.05, 3.63) is 30.2 Å². The van der Waals surface area contributed by atoms with Gasteiger partial charge in [-0.25, -0.2) is 0 Å². The van der Waals surface area contributed by atoms with Crippen molar-refractivity contribution in [3.8, 4) is 0 Å². The van der Waals surface area contributed by atoms with Gasteiger partial charge in [-0.3, -0.25) is 14.6 Å². The largest absolute Gasteiger partial charge is 0.308 e. The Labute approximate surface area is 99.0 Å². The first-order valence-electron chi connectivity index (χ1n) is 5.47. The zero-order valence-electron chi connectivity index (χ0n) is 9.84. The molecule has 2 aromatic rings. The van der Waals surface area contributed by atoms with E-state index in [1.807, 2.05) is 6.07 Å². The lowest BCUT2D eigenvalue weighted by Gasteiger charge is -2.01. The van der Waals surface area contributed by atoms with Crippen LogP contribution >= 0.6 is 0 Å². The maximum atomic E-state index is 11.6. The summed E-state index contributed by atoms with van der Waals surface area (Å²) in [5.41, 5.74) is 0.999. The third kappa shape index (κ3) is 2.93. The van der Waals surface area contributed by atoms with Crippen LogP contribution in [0, 0.1) is 0 Å². The summed E-state index contributed by atoms with van der Waals surface area (Å²) < 4.78 is 1.56. The Hall–Kier alpha value is -2.11. The number of anilines is 1. The van der Waals surface area contributed by atoms with Crippen LogP contribution in [0.3, 0.4) is 0 Å². The van der Waals surface area contributed by atoms with E-state index in [-0.39, 0.29) is 12.5 Å². The van der Waals surface area contributed by atoms with Gasteiger partial charge in [-0.2, -0.15) is 10.2 Å². The molecule has 90 valence electrons. The minimum Gasteiger partial charge on any atom is -0.308 e. The molecule has 2 rings (SSSR count). The molecule has 0 bridgehead atoms. The number of carbonyl (C=O) groups excluding carboxylic acids is 1. The molecule has 17 heavy (non-hydrogen) atoms. The zero-order valence-corrected chi connectivity index (χ0v) is 9.84. The van der Waals surface area contributed by atoms with Gasteiger partial charge in [0.2, 0.25) is 5.91 Å². The summed E-state index contributed by atoms with van der Waals surface area (Å²) in [5.74, 6) is 0.764. The number of nitrogens with zero attached hydrogens (tertiary/aromatic N) is 3. The average molecular weight is 233 g/mol. The molecule has 2 N–H and O–H groups in total. The summed E-state index contributed by atoms with van der Waals surface area (Å²) in [5, 5.41) is 13.6. The first-order valence-corrected chi connectivity index (χ1v) is 5.47. The number of aromatic nitrogens is 4. The van der Waals surface area contributed by atoms with Crippen LogP contribution in [0.5, 0.6) is 0 Å². The third-order valence-electron chi connectivity index (χ3n) is 2.35. The molecule has 0 atom stereocenters. The third-order valence-corrected chi connectivity index (χ3v) is 2.35. The first-order chi connectivity index (χ1) is 8.15. The lowest BCUT2D eigenvalue weighted by molar-refractivity contribution is -0.116. The predicted octanol–water partition coefficient (Wildman–Crippen LogP) is 1.37. The summed E-state index contributed by atoms with van der Waals surface area (Å²) in [4.78, 5) is 11.6. The second-order valence-electron chi connectivity index (χ2n) is 4.12. The second-order valence-corrected chi connectivity index (χ2v) is 4.12. The van der Waals surface area contributed by atoms with E-state index in [2.05, 4.69) is 34.5 Å². The molecule has 0 unspecified atom stereocenters. The molecule has 2 heterocycles. The van der Waals surface area contributed by atoms with Crippen molar-refractivity contribution >= 4 is 11.7 Å². The van der Waals surface area contributed by atoms with Crippen molar-refractivity contribution < 1.29 is 4.79 Å². The van der Waals surface area contributed by atoms with Gasteiger partial charge in [0.05, 0.1) is 0 Å². The molecule has 2 aromatic heterocycles. The second kappa shape index (κ2) is 4.82. The molecule has 0 fully saturated rings. The Kier molecular flexibility index (Phi) is 3.22. The minimum atomic E-state index is -0.143. The molecule has 0 aliphatic heterocycles. The van der Waals surface area contributed by atoms with Gasteiger partial charge >= 0.3 is 0 Å². The highest BCUT2D eigenvalue weighted by Crippen LogP contribution is 2.14. The van der Waals surface area contributed by atoms with E-state index in [0.29, 0.717) is 11.7 Å². The number of hydrogen-bond donors (Lipinski definition) is 2. The molecule has 0 radical (unpaired) electrons. The molecule has 0 aromatic carbocycles. The van der Waals surface area contributed by atoms with Crippen LogP contribution in [0.15, 0.2) is 24.5 Å². The zero-order chi connectivity index (χ0) is 12.3. The molecule has 0 saturated carbocycles. The normalized spacial score (nSPS) is 10.8. The number of amides is 1. The van der Waals surface area contributed by atoms with E-state index in [9.17, 15) is 4.79 Å². The molecule has 1 amide bonds. The van der Waals surface area contributed by atoms with Crippen LogP contribution in [0.25, 0.3) is 0 Å². The molecular formula is C11H15N5O. The smallest absolute Gasteiger partial charge is 0.247 e. The van der Waals surface area contributed by atoms with Crippen molar-refractivity contribution in [1.82, 2.24) is 20.0 Å². The summed E-state index contributed by atoms with van der Waals surface area (Å²) in [6, 6.07) is 3.62. The number of hydrogen-bond acceptors (Lipinski definition) is 3. The van der Waals surface area contributed by atoms with Crippen LogP contribution in [0.1, 0.15) is 25.5 Å². The fraction of sp³-hybridized carbons (Fsp3) is 0.364. The van der Waals surface area contributed by atoms with Crippen LogP contribution < -0.4 is 5.32 Å². The van der Waals surface area contributed by atoms with Gasteiger partial charge in [0.25, 0.3) is 0 Å². The summed E-state index contributed by atoms with van der Waals surface area (Å²) in [6.07, 6.45) is 3.38. The number of rotatable bonds is 4. The minimum absolute atomic E-state index is 0.143. The van der Waals surface area contributed by atoms with Crippen LogP contribution in [-0.2, 0) is 11.3 Å². The fourth-order valence-electron chi connectivity index (χ4n) is 1.42. The Morgan fingerprint density at radius 3 is 3.00 bits per heavy atom. The van der Waals surface area contributed by atoms with Crippen molar-refractivity contribution in [2.45, 2.75) is 26.3 Å². The van der Waals surface area contributed by atoms with Crippen molar-refractivity contribution in [3.63, 3.8) is 0 Å². The highest BCUT2D eigenvalue weighted by molar-refractivity contribution is 5.89. The van der Waals surface area contributed by atoms with E-state index in [1.54, 1.807) is 23.1 Å². The van der Waals surface area contributed by atoms with Gasteiger partial charge in [0.1, 0.15) is 6.54 Å². The van der Waals surface area contributed by atoms with Crippen LogP contribution in [0.2, 0.25) is 0 Å². The van der Waals surface area contributed by atoms with E-state index in [0.717, 1.165) is 5.69 Å². The predicted molar refractivity (Wildman–Crippen MR) is 63.5 cm³/mol. The lowest BCUT2D eigenvalue weighted by Crippen LogP contribution is -2.19. The molecule has 0 spiro atoms. The summed E-state index contributed by atoms with van der Waals surface area (Å²) in [6.45, 7) is 4.31. The maximum absolute atomic E-state index is 11.6. The topological polar surface area (TPSA) is 75.6 Å². The molecular weight excluding hydrogens is 218 g/mol. The van der Waals surface area contributed by atoms with Gasteiger partial charge in [-0.05, 0) is 12.0 Å². The van der Waals surface area contributed by atoms with Gasteiger partial charge in [-0.15, -0.1) is 0 Å². The fourth-order valence-corrected chi connectivity index (χ4v) is 1.42. The highest BCUT2D eigenvalue weighted by Gasteiger charge is 2.08. The van der Waals surface area contributed by atoms with Crippen molar-refractivity contribution in [2.75, 3.05) is 5.32 Å². The highest BCUT2D eigenvalue weighted by atomic mass is 16.2. The standard InChI is InChI=1S/C11H15N5O/c1-8(2)9-6-10(15-14-9)13-11(17)7-16-5-3-4-12-16/h3-6,8H,7H2,1-2H3,(H2,13,14,15,17). The number of carbonyl (C=O) groups is 1. The molecule has 6 heteroatoms. The maximum Gasteiger partial charge on any atom is 0.247 e. The number of H-pyrrole nitrogens is 1. The van der Waals surface area contributed by atoms with E-state index in [4.69, 9.17) is 0 Å². The van der Waals surface area contributed by atoms with Gasteiger partial charge in [0, 0.05) is 24.2 Å². The Balaban J connectivity index is 1.93. The Morgan fingerprint density at radius 1 is 1.59 bits per heavy atom.